The molecule has 6 heteroatoms. The first kappa shape index (κ1) is 16.2. The average Bonchev–Trinajstić information content (AvgIpc) is 2.97. The second-order valence-electron chi connectivity index (χ2n) is 6.90. The Bertz CT molecular complexity index is 1160. The molecule has 0 saturated heterocycles. The smallest absolute Gasteiger partial charge is 0.341 e. The zero-order valence-corrected chi connectivity index (χ0v) is 14.3. The highest BCUT2D eigenvalue weighted by Crippen LogP contribution is 2.42. The van der Waals surface area contributed by atoms with E-state index < -0.39 is 11.4 Å². The fourth-order valence-corrected chi connectivity index (χ4v) is 3.66. The third kappa shape index (κ3) is 2.25. The van der Waals surface area contributed by atoms with Crippen molar-refractivity contribution in [2.45, 2.75) is 26.3 Å². The first-order valence-corrected chi connectivity index (χ1v) is 8.36. The van der Waals surface area contributed by atoms with Crippen LogP contribution in [0.25, 0.3) is 22.4 Å². The number of nitrogens with zero attached hydrogens (tertiary/aromatic N) is 2. The summed E-state index contributed by atoms with van der Waals surface area (Å²) in [6.45, 7) is 4.13. The summed E-state index contributed by atoms with van der Waals surface area (Å²) >= 11 is 0. The number of hydrogen-bond donors (Lipinski definition) is 1. The van der Waals surface area contributed by atoms with E-state index in [1.54, 1.807) is 12.1 Å². The van der Waals surface area contributed by atoms with Crippen LogP contribution in [0.1, 0.15) is 41.4 Å². The topological polar surface area (TPSA) is 96.2 Å². The highest BCUT2D eigenvalue weighted by molar-refractivity contribution is 5.90. The maximum absolute atomic E-state index is 12.3. The number of aromatic carboxylic acids is 1. The van der Waals surface area contributed by atoms with Crippen LogP contribution in [-0.2, 0) is 6.42 Å². The Morgan fingerprint density at radius 2 is 2.15 bits per heavy atom. The SMILES string of the molecule is CC(C)[C@@H]1Cc2c(oc3cc(C#N)ccc23)-c2cc(=O)c(C(=O)O)cn21. The van der Waals surface area contributed by atoms with Crippen LogP contribution in [0.15, 0.2) is 39.7 Å². The minimum absolute atomic E-state index is 0.00708. The Hall–Kier alpha value is -3.33. The normalized spacial score (nSPS) is 15.5. The van der Waals surface area contributed by atoms with Gasteiger partial charge in [-0.2, -0.15) is 5.26 Å². The number of carboxylic acid groups (broad SMARTS) is 1. The highest BCUT2D eigenvalue weighted by atomic mass is 16.4. The molecule has 1 aromatic carbocycles. The third-order valence-corrected chi connectivity index (χ3v) is 5.00. The lowest BCUT2D eigenvalue weighted by Gasteiger charge is -2.31. The number of carbonyl (C=O) groups is 1. The van der Waals surface area contributed by atoms with Crippen molar-refractivity contribution >= 4 is 16.9 Å². The van der Waals surface area contributed by atoms with Crippen LogP contribution in [-0.4, -0.2) is 15.6 Å². The molecule has 1 aliphatic heterocycles. The molecule has 26 heavy (non-hydrogen) atoms. The van der Waals surface area contributed by atoms with Crippen molar-refractivity contribution < 1.29 is 14.3 Å². The predicted molar refractivity (Wildman–Crippen MR) is 95.2 cm³/mol. The Morgan fingerprint density at radius 3 is 2.81 bits per heavy atom. The van der Waals surface area contributed by atoms with Gasteiger partial charge in [0, 0.05) is 29.3 Å². The molecule has 4 rings (SSSR count). The first-order chi connectivity index (χ1) is 12.4. The Labute approximate surface area is 148 Å². The Kier molecular flexibility index (Phi) is 3.48. The lowest BCUT2D eigenvalue weighted by Crippen LogP contribution is -2.27. The fraction of sp³-hybridized carbons (Fsp3) is 0.250. The third-order valence-electron chi connectivity index (χ3n) is 5.00. The molecule has 0 spiro atoms. The number of pyridine rings is 1. The van der Waals surface area contributed by atoms with E-state index in [1.165, 1.54) is 12.3 Å². The molecule has 130 valence electrons. The minimum atomic E-state index is -1.23. The van der Waals surface area contributed by atoms with Crippen LogP contribution in [0.3, 0.4) is 0 Å². The molecule has 3 aromatic rings. The maximum Gasteiger partial charge on any atom is 0.341 e. The van der Waals surface area contributed by atoms with E-state index in [1.807, 2.05) is 10.6 Å². The molecule has 1 atom stereocenters. The molecule has 0 amide bonds. The van der Waals surface area contributed by atoms with Gasteiger partial charge in [0.1, 0.15) is 11.1 Å². The van der Waals surface area contributed by atoms with Gasteiger partial charge in [0.25, 0.3) is 0 Å². The van der Waals surface area contributed by atoms with Crippen LogP contribution in [0, 0.1) is 17.2 Å². The van der Waals surface area contributed by atoms with Gasteiger partial charge in [0.2, 0.25) is 0 Å². The van der Waals surface area contributed by atoms with E-state index >= 15 is 0 Å². The van der Waals surface area contributed by atoms with Gasteiger partial charge in [0.15, 0.2) is 11.2 Å². The van der Waals surface area contributed by atoms with Crippen molar-refractivity contribution in [1.29, 1.82) is 5.26 Å². The van der Waals surface area contributed by atoms with Crippen molar-refractivity contribution in [3.05, 3.63) is 57.4 Å². The molecule has 1 N–H and O–H groups in total. The number of rotatable bonds is 2. The molecule has 0 aliphatic carbocycles. The lowest BCUT2D eigenvalue weighted by atomic mass is 9.89. The summed E-state index contributed by atoms with van der Waals surface area (Å²) in [5.74, 6) is -0.433. The monoisotopic (exact) mass is 348 g/mol. The number of benzene rings is 1. The molecule has 6 nitrogen and oxygen atoms in total. The van der Waals surface area contributed by atoms with E-state index in [0.717, 1.165) is 10.9 Å². The lowest BCUT2D eigenvalue weighted by molar-refractivity contribution is 0.0694. The molecular weight excluding hydrogens is 332 g/mol. The second kappa shape index (κ2) is 5.60. The van der Waals surface area contributed by atoms with Crippen molar-refractivity contribution in [2.75, 3.05) is 0 Å². The zero-order valence-electron chi connectivity index (χ0n) is 14.3. The summed E-state index contributed by atoms with van der Waals surface area (Å²) < 4.78 is 7.82. The van der Waals surface area contributed by atoms with Crippen LogP contribution in [0.5, 0.6) is 0 Å². The maximum atomic E-state index is 12.3. The molecule has 1 aliphatic rings. The summed E-state index contributed by atoms with van der Waals surface area (Å²) in [6, 6.07) is 8.74. The molecule has 0 bridgehead atoms. The number of fused-ring (bicyclic) bond motifs is 5. The van der Waals surface area contributed by atoms with Crippen LogP contribution >= 0.6 is 0 Å². The molecule has 2 aromatic heterocycles. The Balaban J connectivity index is 2.05. The summed E-state index contributed by atoms with van der Waals surface area (Å²) in [5, 5.41) is 19.3. The number of carboxylic acids is 1. The van der Waals surface area contributed by atoms with Gasteiger partial charge in [-0.1, -0.05) is 13.8 Å². The average molecular weight is 348 g/mol. The van der Waals surface area contributed by atoms with Crippen molar-refractivity contribution in [1.82, 2.24) is 4.57 Å². The van der Waals surface area contributed by atoms with Gasteiger partial charge in [-0.15, -0.1) is 0 Å². The standard InChI is InChI=1S/C20H16N2O4/c1-10(2)15-6-13-12-4-3-11(8-21)5-18(12)26-19(13)16-7-17(23)14(20(24)25)9-22(15)16/h3-5,7,9-10,15H,6H2,1-2H3,(H,24,25)/t15-/m0/s1. The molecule has 0 saturated carbocycles. The van der Waals surface area contributed by atoms with Crippen LogP contribution in [0.4, 0.5) is 0 Å². The largest absolute Gasteiger partial charge is 0.477 e. The molecule has 0 radical (unpaired) electrons. The van der Waals surface area contributed by atoms with Gasteiger partial charge in [0.05, 0.1) is 17.3 Å². The first-order valence-electron chi connectivity index (χ1n) is 8.36. The fourth-order valence-electron chi connectivity index (χ4n) is 3.66. The quantitative estimate of drug-likeness (QED) is 0.763. The van der Waals surface area contributed by atoms with Gasteiger partial charge in [-0.05, 0) is 30.5 Å². The summed E-state index contributed by atoms with van der Waals surface area (Å²) in [7, 11) is 0. The minimum Gasteiger partial charge on any atom is -0.477 e. The molecule has 3 heterocycles. The van der Waals surface area contributed by atoms with Gasteiger partial charge >= 0.3 is 5.97 Å². The van der Waals surface area contributed by atoms with Crippen LogP contribution in [0.2, 0.25) is 0 Å². The number of furan rings is 1. The predicted octanol–water partition coefficient (Wildman–Crippen LogP) is 3.58. The second-order valence-corrected chi connectivity index (χ2v) is 6.90. The van der Waals surface area contributed by atoms with E-state index in [-0.39, 0.29) is 17.5 Å². The number of hydrogen-bond acceptors (Lipinski definition) is 4. The van der Waals surface area contributed by atoms with Crippen molar-refractivity contribution in [3.8, 4) is 17.5 Å². The number of aromatic nitrogens is 1. The summed E-state index contributed by atoms with van der Waals surface area (Å²) in [4.78, 5) is 23.6. The van der Waals surface area contributed by atoms with Crippen molar-refractivity contribution in [3.63, 3.8) is 0 Å². The molecule has 0 fully saturated rings. The van der Waals surface area contributed by atoms with Gasteiger partial charge in [-0.3, -0.25) is 4.79 Å². The van der Waals surface area contributed by atoms with E-state index in [4.69, 9.17) is 9.68 Å². The number of nitriles is 1. The zero-order chi connectivity index (χ0) is 18.6. The Morgan fingerprint density at radius 1 is 1.38 bits per heavy atom. The molecular formula is C20H16N2O4. The van der Waals surface area contributed by atoms with Gasteiger partial charge in [-0.25, -0.2) is 4.79 Å². The van der Waals surface area contributed by atoms with E-state index in [9.17, 15) is 14.7 Å². The van der Waals surface area contributed by atoms with Crippen LogP contribution < -0.4 is 5.43 Å². The summed E-state index contributed by atoms with van der Waals surface area (Å²) in [6.07, 6.45) is 2.09. The van der Waals surface area contributed by atoms with Gasteiger partial charge < -0.3 is 14.1 Å². The highest BCUT2D eigenvalue weighted by Gasteiger charge is 2.31. The summed E-state index contributed by atoms with van der Waals surface area (Å²) in [5.41, 5.74) is 1.88. The van der Waals surface area contributed by atoms with E-state index in [2.05, 4.69) is 19.9 Å². The van der Waals surface area contributed by atoms with E-state index in [0.29, 0.717) is 29.0 Å². The molecule has 0 unspecified atom stereocenters. The van der Waals surface area contributed by atoms with Crippen molar-refractivity contribution in [2.24, 2.45) is 5.92 Å².